The number of aromatic nitrogens is 2. The van der Waals surface area contributed by atoms with Gasteiger partial charge < -0.3 is 5.32 Å². The molecule has 1 saturated carbocycles. The maximum Gasteiger partial charge on any atom is 0.252 e. The first-order chi connectivity index (χ1) is 20.5. The van der Waals surface area contributed by atoms with Crippen LogP contribution in [0.2, 0.25) is 0 Å². The third-order valence-corrected chi connectivity index (χ3v) is 7.93. The Morgan fingerprint density at radius 1 is 1.19 bits per heavy atom. The molecule has 1 N–H and O–H groups in total. The monoisotopic (exact) mass is 612 g/mol. The second-order valence-corrected chi connectivity index (χ2v) is 11.0. The highest BCUT2D eigenvalue weighted by Crippen LogP contribution is 2.39. The van der Waals surface area contributed by atoms with Gasteiger partial charge in [0.2, 0.25) is 17.8 Å². The van der Waals surface area contributed by atoms with E-state index in [4.69, 9.17) is 0 Å². The number of amides is 3. The number of nitriles is 1. The van der Waals surface area contributed by atoms with E-state index in [1.54, 1.807) is 6.26 Å². The standard InChI is InChI=1S/C29H24F4N6O3S/c1-43-20-11-16(30)10-19(12-20)38(27(42)23-6-7-24(40)39(23)28-35-9-8-17(15-34)37-28)25(21-4-2-3-5-22(21)31)26(41)36-18-13-29(32,33)14-18/h2-5,8-12,18,23,25H,6-7,13-14H2,1H3,(H,36,41). The van der Waals surface area contributed by atoms with Gasteiger partial charge in [-0.25, -0.2) is 27.5 Å². The average molecular weight is 613 g/mol. The van der Waals surface area contributed by atoms with E-state index in [1.165, 1.54) is 42.6 Å². The quantitative estimate of drug-likeness (QED) is 0.293. The molecule has 0 bridgehead atoms. The molecular formula is C29H24F4N6O3S. The minimum atomic E-state index is -2.97. The van der Waals surface area contributed by atoms with Crippen molar-refractivity contribution in [1.82, 2.24) is 15.3 Å². The van der Waals surface area contributed by atoms with Crippen molar-refractivity contribution in [2.75, 3.05) is 16.1 Å². The molecule has 1 aliphatic heterocycles. The van der Waals surface area contributed by atoms with Crippen LogP contribution in [0.15, 0.2) is 59.6 Å². The third kappa shape index (κ3) is 6.17. The molecular weight excluding hydrogens is 588 g/mol. The lowest BCUT2D eigenvalue weighted by Gasteiger charge is -2.39. The van der Waals surface area contributed by atoms with Gasteiger partial charge in [0.25, 0.3) is 11.8 Å². The molecule has 9 nitrogen and oxygen atoms in total. The Hall–Kier alpha value is -4.51. The number of rotatable bonds is 8. The van der Waals surface area contributed by atoms with E-state index >= 15 is 4.39 Å². The van der Waals surface area contributed by atoms with Gasteiger partial charge in [-0.3, -0.25) is 24.2 Å². The smallest absolute Gasteiger partial charge is 0.252 e. The fraction of sp³-hybridized carbons (Fsp3) is 0.310. The first-order valence-electron chi connectivity index (χ1n) is 13.2. The van der Waals surface area contributed by atoms with Gasteiger partial charge in [0.05, 0.1) is 0 Å². The molecule has 2 unspecified atom stereocenters. The zero-order valence-corrected chi connectivity index (χ0v) is 23.5. The Kier molecular flexibility index (Phi) is 8.36. The van der Waals surface area contributed by atoms with E-state index in [-0.39, 0.29) is 35.7 Å². The number of nitrogens with one attached hydrogen (secondary N) is 1. The summed E-state index contributed by atoms with van der Waals surface area (Å²) in [5.41, 5.74) is -0.459. The fourth-order valence-corrected chi connectivity index (χ4v) is 5.67. The molecule has 1 aromatic heterocycles. The topological polar surface area (TPSA) is 119 Å². The van der Waals surface area contributed by atoms with Gasteiger partial charge in [-0.05, 0) is 43.0 Å². The maximum atomic E-state index is 15.4. The van der Waals surface area contributed by atoms with Crippen molar-refractivity contribution in [3.05, 3.63) is 77.6 Å². The number of hydrogen-bond acceptors (Lipinski definition) is 7. The van der Waals surface area contributed by atoms with Gasteiger partial charge >= 0.3 is 0 Å². The van der Waals surface area contributed by atoms with E-state index < -0.39 is 66.2 Å². The van der Waals surface area contributed by atoms with Crippen molar-refractivity contribution >= 4 is 41.1 Å². The summed E-state index contributed by atoms with van der Waals surface area (Å²) in [6, 6.07) is 7.89. The predicted octanol–water partition coefficient (Wildman–Crippen LogP) is 4.53. The average Bonchev–Trinajstić information content (AvgIpc) is 3.35. The summed E-state index contributed by atoms with van der Waals surface area (Å²) in [5, 5.41) is 11.8. The number of halogens is 4. The fourth-order valence-electron chi connectivity index (χ4n) is 5.20. The SMILES string of the molecule is CSc1cc(F)cc(N(C(=O)C2CCC(=O)N2c2nccc(C#N)n2)C(C(=O)NC2CC(F)(F)C2)c2ccccc2F)c1. The lowest BCUT2D eigenvalue weighted by molar-refractivity contribution is -0.133. The van der Waals surface area contributed by atoms with E-state index in [0.717, 1.165) is 33.7 Å². The highest BCUT2D eigenvalue weighted by atomic mass is 32.2. The Morgan fingerprint density at radius 2 is 1.93 bits per heavy atom. The molecule has 0 radical (unpaired) electrons. The van der Waals surface area contributed by atoms with E-state index in [1.807, 2.05) is 6.07 Å². The van der Waals surface area contributed by atoms with Gasteiger partial charge in [-0.1, -0.05) is 18.2 Å². The molecule has 5 rings (SSSR count). The number of thioether (sulfide) groups is 1. The van der Waals surface area contributed by atoms with Crippen LogP contribution in [0.3, 0.4) is 0 Å². The largest absolute Gasteiger partial charge is 0.351 e. The van der Waals surface area contributed by atoms with Crippen molar-refractivity contribution in [1.29, 1.82) is 5.26 Å². The van der Waals surface area contributed by atoms with Crippen LogP contribution in [-0.2, 0) is 14.4 Å². The molecule has 222 valence electrons. The van der Waals surface area contributed by atoms with Gasteiger partial charge in [0, 0.05) is 47.6 Å². The minimum absolute atomic E-state index is 0.0561. The summed E-state index contributed by atoms with van der Waals surface area (Å²) in [6.45, 7) is 0. The molecule has 2 aromatic carbocycles. The number of nitrogens with zero attached hydrogens (tertiary/aromatic N) is 5. The van der Waals surface area contributed by atoms with E-state index in [9.17, 15) is 32.8 Å². The Morgan fingerprint density at radius 3 is 2.60 bits per heavy atom. The predicted molar refractivity (Wildman–Crippen MR) is 148 cm³/mol. The van der Waals surface area contributed by atoms with Crippen molar-refractivity contribution in [2.45, 2.75) is 54.6 Å². The summed E-state index contributed by atoms with van der Waals surface area (Å²) in [7, 11) is 0. The van der Waals surface area contributed by atoms with Crippen LogP contribution in [0.4, 0.5) is 29.2 Å². The van der Waals surface area contributed by atoms with Crippen LogP contribution >= 0.6 is 11.8 Å². The number of alkyl halides is 2. The second-order valence-electron chi connectivity index (χ2n) is 10.1. The molecule has 43 heavy (non-hydrogen) atoms. The number of carbonyl (C=O) groups is 3. The molecule has 2 atom stereocenters. The number of benzene rings is 2. The van der Waals surface area contributed by atoms with E-state index in [2.05, 4.69) is 15.3 Å². The van der Waals surface area contributed by atoms with Crippen LogP contribution in [0.25, 0.3) is 0 Å². The van der Waals surface area contributed by atoms with Gasteiger partial charge in [0.1, 0.15) is 35.5 Å². The highest BCUT2D eigenvalue weighted by molar-refractivity contribution is 7.98. The summed E-state index contributed by atoms with van der Waals surface area (Å²) < 4.78 is 57.5. The number of carbonyl (C=O) groups excluding carboxylic acids is 3. The summed E-state index contributed by atoms with van der Waals surface area (Å²) in [6.07, 6.45) is 1.47. The van der Waals surface area contributed by atoms with Crippen LogP contribution in [0.5, 0.6) is 0 Å². The van der Waals surface area contributed by atoms with Crippen LogP contribution < -0.4 is 15.1 Å². The molecule has 0 spiro atoms. The lowest BCUT2D eigenvalue weighted by Crippen LogP contribution is -2.56. The summed E-state index contributed by atoms with van der Waals surface area (Å²) >= 11 is 1.15. The molecule has 2 aliphatic rings. The zero-order valence-electron chi connectivity index (χ0n) is 22.6. The minimum Gasteiger partial charge on any atom is -0.351 e. The first kappa shape index (κ1) is 30.0. The summed E-state index contributed by atoms with van der Waals surface area (Å²) in [4.78, 5) is 51.7. The van der Waals surface area contributed by atoms with Crippen LogP contribution in [-0.4, -0.2) is 52.0 Å². The molecule has 14 heteroatoms. The zero-order chi connectivity index (χ0) is 30.9. The van der Waals surface area contributed by atoms with Crippen molar-refractivity contribution < 1.29 is 31.9 Å². The first-order valence-corrected chi connectivity index (χ1v) is 14.4. The van der Waals surface area contributed by atoms with Crippen molar-refractivity contribution in [2.24, 2.45) is 0 Å². The molecule has 2 fully saturated rings. The van der Waals surface area contributed by atoms with Crippen LogP contribution in [0.1, 0.15) is 43.0 Å². The van der Waals surface area contributed by atoms with E-state index in [0.29, 0.717) is 4.90 Å². The molecule has 3 amide bonds. The summed E-state index contributed by atoms with van der Waals surface area (Å²) in [5.74, 6) is -7.22. The third-order valence-electron chi connectivity index (χ3n) is 7.22. The molecule has 1 saturated heterocycles. The maximum absolute atomic E-state index is 15.4. The van der Waals surface area contributed by atoms with Crippen molar-refractivity contribution in [3.8, 4) is 6.07 Å². The normalized spacial score (nSPS) is 18.5. The van der Waals surface area contributed by atoms with Crippen LogP contribution in [0, 0.1) is 23.0 Å². The number of anilines is 2. The van der Waals surface area contributed by atoms with Crippen molar-refractivity contribution in [3.63, 3.8) is 0 Å². The molecule has 2 heterocycles. The van der Waals surface area contributed by atoms with Gasteiger partial charge in [-0.2, -0.15) is 5.26 Å². The highest BCUT2D eigenvalue weighted by Gasteiger charge is 2.49. The van der Waals surface area contributed by atoms with Gasteiger partial charge in [-0.15, -0.1) is 11.8 Å². The Bertz CT molecular complexity index is 1630. The molecule has 3 aromatic rings. The van der Waals surface area contributed by atoms with Gasteiger partial charge in [0.15, 0.2) is 0 Å². The lowest BCUT2D eigenvalue weighted by atomic mass is 9.87. The Labute approximate surface area is 247 Å². The molecule has 1 aliphatic carbocycles. The number of hydrogen-bond donors (Lipinski definition) is 1. The second kappa shape index (κ2) is 12.0. The Balaban J connectivity index is 1.64.